The fraction of sp³-hybridized carbons (Fsp3) is 0.421. The summed E-state index contributed by atoms with van der Waals surface area (Å²) in [6, 6.07) is 12.2. The predicted octanol–water partition coefficient (Wildman–Crippen LogP) is 10.1. The Morgan fingerprint density at radius 3 is 2.37 bits per heavy atom. The van der Waals surface area contributed by atoms with Crippen molar-refractivity contribution in [3.8, 4) is 0 Å². The van der Waals surface area contributed by atoms with Gasteiger partial charge in [-0.1, -0.05) is 68.1 Å². The molecule has 5 rings (SSSR count). The molecule has 0 unspecified atom stereocenters. The van der Waals surface area contributed by atoms with Gasteiger partial charge in [0.25, 0.3) is 0 Å². The maximum Gasteiger partial charge on any atom is 0.303 e. The minimum Gasteiger partial charge on any atom is -0.481 e. The molecule has 0 fully saturated rings. The van der Waals surface area contributed by atoms with Crippen LogP contribution in [0.5, 0.6) is 0 Å². The highest BCUT2D eigenvalue weighted by molar-refractivity contribution is 6.33. The van der Waals surface area contributed by atoms with Crippen molar-refractivity contribution >= 4 is 57.9 Å². The lowest BCUT2D eigenvalue weighted by Gasteiger charge is -2.27. The molecule has 0 atom stereocenters. The zero-order valence-electron chi connectivity index (χ0n) is 27.4. The van der Waals surface area contributed by atoms with Crippen LogP contribution in [0, 0.1) is 0 Å². The second kappa shape index (κ2) is 14.1. The number of unbranched alkanes of at least 4 members (excludes halogenated alkanes) is 2. The van der Waals surface area contributed by atoms with Gasteiger partial charge in [0, 0.05) is 63.9 Å². The van der Waals surface area contributed by atoms with Gasteiger partial charge in [-0.2, -0.15) is 4.58 Å². The summed E-state index contributed by atoms with van der Waals surface area (Å²) < 4.78 is 8.45. The Labute approximate surface area is 288 Å². The first-order chi connectivity index (χ1) is 21.9. The highest BCUT2D eigenvalue weighted by Crippen LogP contribution is 2.49. The monoisotopic (exact) mass is 681 g/mol. The Balaban J connectivity index is 1.45. The minimum atomic E-state index is -0.748. The maximum absolute atomic E-state index is 11.0. The van der Waals surface area contributed by atoms with Crippen molar-refractivity contribution in [3.63, 3.8) is 0 Å². The average molecular weight is 683 g/mol. The summed E-state index contributed by atoms with van der Waals surface area (Å²) >= 11 is 20.0. The third-order valence-electron chi connectivity index (χ3n) is 9.39. The Hall–Kier alpha value is -2.83. The molecule has 0 spiro atoms. The number of fused-ring (bicyclic) bond motifs is 2. The summed E-state index contributed by atoms with van der Waals surface area (Å²) in [6.07, 6.45) is 12.2. The number of rotatable bonds is 11. The number of hydrogen-bond donors (Lipinski definition) is 1. The number of ether oxygens (including phenoxy) is 1. The number of aliphatic carboxylic acids is 1. The van der Waals surface area contributed by atoms with Gasteiger partial charge in [0.15, 0.2) is 5.71 Å². The van der Waals surface area contributed by atoms with Crippen LogP contribution >= 0.6 is 34.8 Å². The number of nitrogens with zero attached hydrogens (tertiary/aromatic N) is 2. The fourth-order valence-corrected chi connectivity index (χ4v) is 7.51. The van der Waals surface area contributed by atoms with E-state index in [4.69, 9.17) is 44.6 Å². The molecule has 46 heavy (non-hydrogen) atoms. The molecular weight excluding hydrogens is 639 g/mol. The number of carbonyl (C=O) groups is 1. The largest absolute Gasteiger partial charge is 0.481 e. The van der Waals surface area contributed by atoms with E-state index in [1.807, 2.05) is 12.1 Å². The van der Waals surface area contributed by atoms with Gasteiger partial charge >= 0.3 is 5.97 Å². The molecule has 2 aromatic rings. The lowest BCUT2D eigenvalue weighted by molar-refractivity contribution is -0.437. The lowest BCUT2D eigenvalue weighted by Crippen LogP contribution is -2.28. The lowest BCUT2D eigenvalue weighted by atomic mass is 9.81. The summed E-state index contributed by atoms with van der Waals surface area (Å²) in [6.45, 7) is 13.7. The van der Waals surface area contributed by atoms with Gasteiger partial charge in [-0.15, -0.1) is 0 Å². The van der Waals surface area contributed by atoms with Gasteiger partial charge in [0.2, 0.25) is 5.69 Å². The van der Waals surface area contributed by atoms with E-state index in [0.717, 1.165) is 64.9 Å². The smallest absolute Gasteiger partial charge is 0.303 e. The Morgan fingerprint density at radius 2 is 1.65 bits per heavy atom. The van der Waals surface area contributed by atoms with Gasteiger partial charge < -0.3 is 14.7 Å². The van der Waals surface area contributed by atoms with Gasteiger partial charge in [0.05, 0.1) is 23.7 Å². The Morgan fingerprint density at radius 1 is 0.935 bits per heavy atom. The molecule has 0 saturated heterocycles. The highest BCUT2D eigenvalue weighted by Gasteiger charge is 2.44. The molecule has 3 heterocycles. The number of allylic oxidation sites excluding steroid dienone is 4. The van der Waals surface area contributed by atoms with E-state index >= 15 is 0 Å². The van der Waals surface area contributed by atoms with Crippen LogP contribution in [-0.4, -0.2) is 47.7 Å². The van der Waals surface area contributed by atoms with Gasteiger partial charge in [0.1, 0.15) is 6.54 Å². The number of hydrogen-bond acceptors (Lipinski definition) is 3. The van der Waals surface area contributed by atoms with E-state index in [2.05, 4.69) is 92.7 Å². The van der Waals surface area contributed by atoms with Gasteiger partial charge in [-0.05, 0) is 85.9 Å². The molecule has 3 aliphatic heterocycles. The van der Waals surface area contributed by atoms with Crippen LogP contribution in [0.2, 0.25) is 10.0 Å². The van der Waals surface area contributed by atoms with Crippen molar-refractivity contribution in [1.29, 1.82) is 0 Å². The van der Waals surface area contributed by atoms with E-state index in [-0.39, 0.29) is 17.3 Å². The quantitative estimate of drug-likeness (QED) is 0.189. The van der Waals surface area contributed by atoms with E-state index in [1.54, 1.807) is 0 Å². The maximum atomic E-state index is 11.0. The van der Waals surface area contributed by atoms with E-state index < -0.39 is 5.97 Å². The van der Waals surface area contributed by atoms with Crippen molar-refractivity contribution in [1.82, 2.24) is 0 Å². The van der Waals surface area contributed by atoms with Crippen molar-refractivity contribution < 1.29 is 19.2 Å². The number of carboxylic acid groups (broad SMARTS) is 1. The van der Waals surface area contributed by atoms with Crippen LogP contribution in [0.1, 0.15) is 77.8 Å². The number of carboxylic acids is 1. The molecule has 3 aliphatic rings. The zero-order valence-corrected chi connectivity index (χ0v) is 29.7. The highest BCUT2D eigenvalue weighted by atomic mass is 35.5. The van der Waals surface area contributed by atoms with E-state index in [0.29, 0.717) is 24.7 Å². The molecule has 0 amide bonds. The number of benzene rings is 2. The molecule has 5 nitrogen and oxygen atoms in total. The Bertz CT molecular complexity index is 1680. The normalized spacial score (nSPS) is 20.4. The molecule has 0 aliphatic carbocycles. The molecule has 0 saturated carbocycles. The van der Waals surface area contributed by atoms with Crippen molar-refractivity contribution in [2.24, 2.45) is 0 Å². The zero-order chi connectivity index (χ0) is 33.2. The summed E-state index contributed by atoms with van der Waals surface area (Å²) in [5, 5.41) is 11.2. The first-order valence-electron chi connectivity index (χ1n) is 16.2. The number of halogens is 3. The van der Waals surface area contributed by atoms with Crippen molar-refractivity contribution in [3.05, 3.63) is 104 Å². The van der Waals surface area contributed by atoms with Crippen LogP contribution in [0.15, 0.2) is 82.6 Å². The minimum absolute atomic E-state index is 0.197. The van der Waals surface area contributed by atoms with Gasteiger partial charge in [-0.3, -0.25) is 4.79 Å². The second-order valence-electron chi connectivity index (χ2n) is 13.4. The SMILES string of the molecule is CCC[N+]1=C(/C=C/C2=C(Cl)C(=C/C=C3/N(CCCCCC(=O)O)c4ccc(Cl)cc4C3(C)C)/COC2)C(C)(C)c2cc(Cl)ccc21. The van der Waals surface area contributed by atoms with Crippen LogP contribution in [0.4, 0.5) is 11.4 Å². The molecule has 1 N–H and O–H groups in total. The summed E-state index contributed by atoms with van der Waals surface area (Å²) in [4.78, 5) is 13.3. The van der Waals surface area contributed by atoms with Crippen LogP contribution in [0.3, 0.4) is 0 Å². The first-order valence-corrected chi connectivity index (χ1v) is 17.3. The van der Waals surface area contributed by atoms with Crippen molar-refractivity contribution in [2.75, 3.05) is 31.2 Å². The van der Waals surface area contributed by atoms with E-state index in [1.165, 1.54) is 22.5 Å². The third kappa shape index (κ3) is 6.89. The molecular formula is C38H44Cl3N2O3+. The standard InChI is InChI=1S/C38H43Cl3N2O3/c1-6-19-42-31-15-13-27(39)21-29(31)37(2,3)33(42)17-11-25-23-46-24-26(36(25)41)12-18-34-38(4,5)30-22-28(40)14-16-32(30)43(34)20-9-7-8-10-35(44)45/h11-18,21-22H,6-10,19-20,23-24H2,1-5H3/p+1. The predicted molar refractivity (Wildman–Crippen MR) is 191 cm³/mol. The topological polar surface area (TPSA) is 52.8 Å². The summed E-state index contributed by atoms with van der Waals surface area (Å²) in [5.74, 6) is -0.748. The molecule has 244 valence electrons. The number of anilines is 1. The third-order valence-corrected chi connectivity index (χ3v) is 10.3. The molecule has 0 aromatic heterocycles. The summed E-state index contributed by atoms with van der Waals surface area (Å²) in [5.41, 5.74) is 8.50. The van der Waals surface area contributed by atoms with Crippen molar-refractivity contribution in [2.45, 2.75) is 77.6 Å². The van der Waals surface area contributed by atoms with Gasteiger partial charge in [-0.25, -0.2) is 0 Å². The van der Waals surface area contributed by atoms with Crippen LogP contribution in [0.25, 0.3) is 0 Å². The van der Waals surface area contributed by atoms with E-state index in [9.17, 15) is 4.79 Å². The molecule has 0 bridgehead atoms. The Kier molecular flexibility index (Phi) is 10.6. The van der Waals surface area contributed by atoms with Crippen LogP contribution < -0.4 is 4.90 Å². The molecule has 2 aromatic carbocycles. The second-order valence-corrected chi connectivity index (χ2v) is 14.6. The van der Waals surface area contributed by atoms with Crippen LogP contribution in [-0.2, 0) is 20.4 Å². The molecule has 8 heteroatoms. The summed E-state index contributed by atoms with van der Waals surface area (Å²) in [7, 11) is 0. The average Bonchev–Trinajstić information content (AvgIpc) is 3.33. The molecule has 0 radical (unpaired) electrons. The first kappa shape index (κ1) is 34.5. The fourth-order valence-electron chi connectivity index (χ4n) is 6.93.